The Morgan fingerprint density at radius 1 is 1.12 bits per heavy atom. The van der Waals surface area contributed by atoms with Crippen LogP contribution in [0.5, 0.6) is 0 Å². The van der Waals surface area contributed by atoms with Gasteiger partial charge in [0.25, 0.3) is 15.6 Å². The molecule has 33 heavy (non-hydrogen) atoms. The summed E-state index contributed by atoms with van der Waals surface area (Å²) in [7, 11) is -3.95. The van der Waals surface area contributed by atoms with E-state index in [9.17, 15) is 18.0 Å². The zero-order valence-corrected chi connectivity index (χ0v) is 19.1. The molecular formula is C22H19N5O4S2. The van der Waals surface area contributed by atoms with Gasteiger partial charge in [-0.2, -0.15) is 0 Å². The molecule has 0 spiro atoms. The zero-order valence-electron chi connectivity index (χ0n) is 17.5. The molecule has 168 valence electrons. The third-order valence-electron chi connectivity index (χ3n) is 5.35. The fourth-order valence-electron chi connectivity index (χ4n) is 3.81. The Morgan fingerprint density at radius 3 is 2.70 bits per heavy atom. The fraction of sp³-hybridized carbons (Fsp3) is 0.136. The van der Waals surface area contributed by atoms with Crippen LogP contribution in [-0.4, -0.2) is 30.5 Å². The number of benzene rings is 1. The molecule has 0 fully saturated rings. The highest BCUT2D eigenvalue weighted by Crippen LogP contribution is 2.29. The van der Waals surface area contributed by atoms with Crippen molar-refractivity contribution in [2.24, 2.45) is 0 Å². The number of aryl methyl sites for hydroxylation is 1. The first kappa shape index (κ1) is 21.2. The fourth-order valence-corrected chi connectivity index (χ4v) is 6.00. The SMILES string of the molecule is Cc1ccc(S(=O)(=O)NC(=O)Nc2ccc(-n3ccc4c5c(ccc4c3=O)NCC5)nc2)s1. The first-order valence-corrected chi connectivity index (χ1v) is 12.4. The Balaban J connectivity index is 1.35. The minimum Gasteiger partial charge on any atom is -0.384 e. The molecule has 0 saturated heterocycles. The summed E-state index contributed by atoms with van der Waals surface area (Å²) in [4.78, 5) is 30.3. The predicted octanol–water partition coefficient (Wildman–Crippen LogP) is 3.23. The van der Waals surface area contributed by atoms with Crippen molar-refractivity contribution in [3.63, 3.8) is 0 Å². The van der Waals surface area contributed by atoms with Gasteiger partial charge in [0.05, 0.1) is 11.9 Å². The number of fused-ring (bicyclic) bond motifs is 3. The monoisotopic (exact) mass is 481 g/mol. The number of nitrogens with zero attached hydrogens (tertiary/aromatic N) is 2. The molecule has 3 N–H and O–H groups in total. The van der Waals surface area contributed by atoms with Gasteiger partial charge in [-0.15, -0.1) is 11.3 Å². The number of nitrogens with one attached hydrogen (secondary N) is 3. The van der Waals surface area contributed by atoms with Crippen LogP contribution < -0.4 is 20.9 Å². The number of hydrogen-bond donors (Lipinski definition) is 3. The minimum absolute atomic E-state index is 0.0562. The lowest BCUT2D eigenvalue weighted by atomic mass is 10.0. The maximum atomic E-state index is 13.0. The number of carbonyl (C=O) groups excluding carboxylic acids is 1. The van der Waals surface area contributed by atoms with Gasteiger partial charge >= 0.3 is 6.03 Å². The van der Waals surface area contributed by atoms with E-state index in [1.807, 2.05) is 16.9 Å². The zero-order chi connectivity index (χ0) is 23.2. The number of urea groups is 1. The molecule has 4 heterocycles. The van der Waals surface area contributed by atoms with E-state index in [1.165, 1.54) is 16.8 Å². The van der Waals surface area contributed by atoms with Crippen LogP contribution in [0, 0.1) is 6.92 Å². The van der Waals surface area contributed by atoms with Gasteiger partial charge in [0, 0.05) is 28.7 Å². The van der Waals surface area contributed by atoms with E-state index in [0.29, 0.717) is 11.2 Å². The van der Waals surface area contributed by atoms with Crippen molar-refractivity contribution < 1.29 is 13.2 Å². The summed E-state index contributed by atoms with van der Waals surface area (Å²) in [5.41, 5.74) is 2.29. The van der Waals surface area contributed by atoms with E-state index in [2.05, 4.69) is 15.6 Å². The van der Waals surface area contributed by atoms with E-state index in [0.717, 1.165) is 45.8 Å². The van der Waals surface area contributed by atoms with Crippen molar-refractivity contribution in [1.82, 2.24) is 14.3 Å². The topological polar surface area (TPSA) is 122 Å². The molecule has 0 radical (unpaired) electrons. The summed E-state index contributed by atoms with van der Waals surface area (Å²) >= 11 is 1.07. The van der Waals surface area contributed by atoms with Crippen LogP contribution in [0.25, 0.3) is 16.6 Å². The van der Waals surface area contributed by atoms with Gasteiger partial charge in [0.15, 0.2) is 0 Å². The van der Waals surface area contributed by atoms with Crippen LogP contribution >= 0.6 is 11.3 Å². The highest BCUT2D eigenvalue weighted by atomic mass is 32.2. The van der Waals surface area contributed by atoms with Crippen LogP contribution in [0.15, 0.2) is 63.9 Å². The highest BCUT2D eigenvalue weighted by molar-refractivity contribution is 7.92. The van der Waals surface area contributed by atoms with Crippen molar-refractivity contribution in [3.8, 4) is 5.82 Å². The third-order valence-corrected chi connectivity index (χ3v) is 8.17. The molecule has 5 rings (SSSR count). The second-order valence-electron chi connectivity index (χ2n) is 7.55. The van der Waals surface area contributed by atoms with Gasteiger partial charge < -0.3 is 10.6 Å². The van der Waals surface area contributed by atoms with Crippen LogP contribution in [0.3, 0.4) is 0 Å². The number of amides is 2. The summed E-state index contributed by atoms with van der Waals surface area (Å²) in [6, 6.07) is 11.0. The number of rotatable bonds is 4. The lowest BCUT2D eigenvalue weighted by molar-refractivity contribution is 0.256. The Labute approximate surface area is 193 Å². The second-order valence-corrected chi connectivity index (χ2v) is 10.7. The summed E-state index contributed by atoms with van der Waals surface area (Å²) < 4.78 is 28.0. The highest BCUT2D eigenvalue weighted by Gasteiger charge is 2.20. The van der Waals surface area contributed by atoms with E-state index in [1.54, 1.807) is 37.4 Å². The molecule has 9 nitrogen and oxygen atoms in total. The van der Waals surface area contributed by atoms with Gasteiger partial charge in [0.2, 0.25) is 0 Å². The number of sulfonamides is 1. The smallest absolute Gasteiger partial charge is 0.333 e. The molecule has 0 atom stereocenters. The number of pyridine rings is 2. The first-order chi connectivity index (χ1) is 15.8. The van der Waals surface area contributed by atoms with Crippen molar-refractivity contribution in [2.75, 3.05) is 17.2 Å². The summed E-state index contributed by atoms with van der Waals surface area (Å²) in [6.45, 7) is 2.64. The standard InChI is InChI=1S/C22H19N5O4S2/c1-13-2-7-20(32-13)33(30,31)26-22(29)25-14-3-6-19(24-12-14)27-11-9-15-16-8-10-23-18(16)5-4-17(15)21(27)28/h2-7,9,11-12,23H,8,10H2,1H3,(H2,25,26,29). The second kappa shape index (κ2) is 8.01. The van der Waals surface area contributed by atoms with Crippen molar-refractivity contribution in [2.45, 2.75) is 17.6 Å². The number of anilines is 2. The molecule has 3 aromatic heterocycles. The Bertz CT molecular complexity index is 1560. The van der Waals surface area contributed by atoms with Gasteiger partial charge in [0.1, 0.15) is 10.0 Å². The number of aromatic nitrogens is 2. The lowest BCUT2D eigenvalue weighted by Gasteiger charge is -2.10. The number of thiophene rings is 1. The first-order valence-electron chi connectivity index (χ1n) is 10.1. The molecule has 0 unspecified atom stereocenters. The Hall–Kier alpha value is -3.70. The lowest BCUT2D eigenvalue weighted by Crippen LogP contribution is -2.34. The minimum atomic E-state index is -3.95. The molecule has 0 aliphatic carbocycles. The predicted molar refractivity (Wildman–Crippen MR) is 128 cm³/mol. The van der Waals surface area contributed by atoms with Crippen LogP contribution in [0.4, 0.5) is 16.2 Å². The number of carbonyl (C=O) groups is 1. The molecule has 1 aliphatic rings. The quantitative estimate of drug-likeness (QED) is 0.411. The maximum Gasteiger partial charge on any atom is 0.333 e. The Morgan fingerprint density at radius 2 is 1.97 bits per heavy atom. The third kappa shape index (κ3) is 3.96. The van der Waals surface area contributed by atoms with Crippen LogP contribution in [0.1, 0.15) is 10.4 Å². The largest absolute Gasteiger partial charge is 0.384 e. The molecule has 11 heteroatoms. The summed E-state index contributed by atoms with van der Waals surface area (Å²) in [5.74, 6) is 0.383. The van der Waals surface area contributed by atoms with Gasteiger partial charge in [-0.1, -0.05) is 0 Å². The Kier molecular flexibility index (Phi) is 5.14. The van der Waals surface area contributed by atoms with Gasteiger partial charge in [-0.3, -0.25) is 9.36 Å². The van der Waals surface area contributed by atoms with E-state index in [4.69, 9.17) is 0 Å². The maximum absolute atomic E-state index is 13.0. The normalized spacial score (nSPS) is 12.9. The van der Waals surface area contributed by atoms with Crippen molar-refractivity contribution >= 4 is 49.5 Å². The number of hydrogen-bond acceptors (Lipinski definition) is 7. The van der Waals surface area contributed by atoms with E-state index >= 15 is 0 Å². The molecule has 0 bridgehead atoms. The average Bonchev–Trinajstić information content (AvgIpc) is 3.44. The summed E-state index contributed by atoms with van der Waals surface area (Å²) in [5, 5.41) is 7.29. The molecular weight excluding hydrogens is 462 g/mol. The van der Waals surface area contributed by atoms with Crippen LogP contribution in [-0.2, 0) is 16.4 Å². The molecule has 0 saturated carbocycles. The van der Waals surface area contributed by atoms with E-state index < -0.39 is 16.1 Å². The van der Waals surface area contributed by atoms with Gasteiger partial charge in [-0.25, -0.2) is 22.9 Å². The van der Waals surface area contributed by atoms with Gasteiger partial charge in [-0.05, 0) is 66.8 Å². The van der Waals surface area contributed by atoms with E-state index in [-0.39, 0.29) is 15.5 Å². The van der Waals surface area contributed by atoms with Crippen LogP contribution in [0.2, 0.25) is 0 Å². The molecule has 1 aliphatic heterocycles. The van der Waals surface area contributed by atoms with Crippen molar-refractivity contribution in [1.29, 1.82) is 0 Å². The van der Waals surface area contributed by atoms with Crippen molar-refractivity contribution in [3.05, 3.63) is 75.7 Å². The average molecular weight is 482 g/mol. The molecule has 1 aromatic carbocycles. The molecule has 4 aromatic rings. The summed E-state index contributed by atoms with van der Waals surface area (Å²) in [6.07, 6.45) is 3.92. The molecule has 2 amide bonds.